The zero-order valence-corrected chi connectivity index (χ0v) is 17.8. The molecular weight excluding hydrogens is 446 g/mol. The van der Waals surface area contributed by atoms with E-state index < -0.39 is 41.1 Å². The van der Waals surface area contributed by atoms with E-state index in [-0.39, 0.29) is 45.7 Å². The van der Waals surface area contributed by atoms with Gasteiger partial charge >= 0.3 is 5.97 Å². The number of hydrogen-bond acceptors (Lipinski definition) is 4. The number of carbonyl (C=O) groups excluding carboxylic acids is 2. The van der Waals surface area contributed by atoms with Crippen LogP contribution in [-0.2, 0) is 9.59 Å². The Labute approximate surface area is 186 Å². The van der Waals surface area contributed by atoms with Crippen LogP contribution in [0.1, 0.15) is 40.9 Å². The van der Waals surface area contributed by atoms with Crippen LogP contribution in [0.15, 0.2) is 30.3 Å². The number of carboxylic acid groups (broad SMARTS) is 1. The first-order valence-electron chi connectivity index (χ1n) is 9.56. The number of nitrogens with zero attached hydrogens (tertiary/aromatic N) is 1. The number of aliphatic carboxylic acids is 1. The largest absolute Gasteiger partial charge is 0.505 e. The van der Waals surface area contributed by atoms with Crippen LogP contribution in [-0.4, -0.2) is 39.1 Å². The van der Waals surface area contributed by atoms with Gasteiger partial charge in [-0.15, -0.1) is 0 Å². The van der Waals surface area contributed by atoms with Crippen LogP contribution in [0.25, 0.3) is 10.9 Å². The summed E-state index contributed by atoms with van der Waals surface area (Å²) in [7, 11) is 0. The zero-order chi connectivity index (χ0) is 23.7. The summed E-state index contributed by atoms with van der Waals surface area (Å²) in [5.41, 5.74) is 0.388. The number of carboxylic acids is 1. The third-order valence-electron chi connectivity index (χ3n) is 5.17. The SMILES string of the molecule is Cc1c(C(C)C(=O)NCCC(=O)O)c2c(F)c(O)ccc2n1C(=O)c1ccc(Cl)c(F)c1. The summed E-state index contributed by atoms with van der Waals surface area (Å²) in [5, 5.41) is 20.8. The molecule has 0 spiro atoms. The van der Waals surface area contributed by atoms with Gasteiger partial charge in [0.1, 0.15) is 5.82 Å². The molecule has 0 radical (unpaired) electrons. The number of carbonyl (C=O) groups is 3. The highest BCUT2D eigenvalue weighted by atomic mass is 35.5. The Bertz CT molecular complexity index is 1260. The zero-order valence-electron chi connectivity index (χ0n) is 17.1. The molecule has 0 fully saturated rings. The van der Waals surface area contributed by atoms with E-state index in [1.165, 1.54) is 32.0 Å². The molecule has 0 aliphatic heterocycles. The van der Waals surface area contributed by atoms with Gasteiger partial charge < -0.3 is 15.5 Å². The maximum atomic E-state index is 15.0. The summed E-state index contributed by atoms with van der Waals surface area (Å²) in [6.07, 6.45) is -0.297. The molecule has 1 atom stereocenters. The number of hydrogen-bond donors (Lipinski definition) is 3. The molecule has 2 aromatic carbocycles. The van der Waals surface area contributed by atoms with E-state index in [4.69, 9.17) is 16.7 Å². The molecule has 1 amide bonds. The van der Waals surface area contributed by atoms with E-state index in [1.54, 1.807) is 0 Å². The predicted octanol–water partition coefficient (Wildman–Crippen LogP) is 3.97. The van der Waals surface area contributed by atoms with E-state index in [1.807, 2.05) is 0 Å². The number of nitrogens with one attached hydrogen (secondary N) is 1. The molecule has 10 heteroatoms. The minimum Gasteiger partial charge on any atom is -0.505 e. The predicted molar refractivity (Wildman–Crippen MR) is 113 cm³/mol. The first-order chi connectivity index (χ1) is 15.0. The molecule has 0 saturated carbocycles. The van der Waals surface area contributed by atoms with Crippen molar-refractivity contribution in [3.05, 3.63) is 63.8 Å². The number of phenols is 1. The van der Waals surface area contributed by atoms with Crippen molar-refractivity contribution in [1.29, 1.82) is 0 Å². The van der Waals surface area contributed by atoms with E-state index in [0.29, 0.717) is 0 Å². The Morgan fingerprint density at radius 3 is 2.50 bits per heavy atom. The van der Waals surface area contributed by atoms with Gasteiger partial charge in [0.25, 0.3) is 5.91 Å². The van der Waals surface area contributed by atoms with Gasteiger partial charge in [0.2, 0.25) is 5.91 Å². The number of aromatic hydroxyl groups is 1. The summed E-state index contributed by atoms with van der Waals surface area (Å²) in [4.78, 5) is 36.5. The second-order valence-electron chi connectivity index (χ2n) is 7.22. The summed E-state index contributed by atoms with van der Waals surface area (Å²) >= 11 is 5.69. The molecule has 1 unspecified atom stereocenters. The van der Waals surface area contributed by atoms with Gasteiger partial charge in [-0.05, 0) is 49.7 Å². The van der Waals surface area contributed by atoms with Gasteiger partial charge in [0, 0.05) is 23.2 Å². The van der Waals surface area contributed by atoms with Crippen molar-refractivity contribution in [3.63, 3.8) is 0 Å². The Balaban J connectivity index is 2.15. The van der Waals surface area contributed by atoms with Crippen molar-refractivity contribution >= 4 is 40.3 Å². The van der Waals surface area contributed by atoms with E-state index >= 15 is 0 Å². The van der Waals surface area contributed by atoms with Crippen LogP contribution in [0.4, 0.5) is 8.78 Å². The van der Waals surface area contributed by atoms with Crippen LogP contribution in [0.2, 0.25) is 5.02 Å². The van der Waals surface area contributed by atoms with Gasteiger partial charge in [-0.25, -0.2) is 8.78 Å². The molecule has 3 N–H and O–H groups in total. The normalized spacial score (nSPS) is 12.0. The molecule has 0 aliphatic rings. The summed E-state index contributed by atoms with van der Waals surface area (Å²) in [6, 6.07) is 5.89. The molecule has 7 nitrogen and oxygen atoms in total. The Kier molecular flexibility index (Phi) is 6.50. The van der Waals surface area contributed by atoms with Crippen molar-refractivity contribution in [2.45, 2.75) is 26.2 Å². The van der Waals surface area contributed by atoms with Crippen molar-refractivity contribution in [2.75, 3.05) is 6.54 Å². The maximum absolute atomic E-state index is 15.0. The second kappa shape index (κ2) is 8.96. The van der Waals surface area contributed by atoms with Gasteiger partial charge in [0.05, 0.1) is 22.9 Å². The highest BCUT2D eigenvalue weighted by molar-refractivity contribution is 6.30. The Hall–Kier alpha value is -3.46. The monoisotopic (exact) mass is 464 g/mol. The lowest BCUT2D eigenvalue weighted by Gasteiger charge is -2.13. The topological polar surface area (TPSA) is 109 Å². The quantitative estimate of drug-likeness (QED) is 0.511. The van der Waals surface area contributed by atoms with Crippen molar-refractivity contribution in [1.82, 2.24) is 9.88 Å². The third kappa shape index (κ3) is 4.16. The van der Waals surface area contributed by atoms with Gasteiger partial charge in [-0.2, -0.15) is 0 Å². The lowest BCUT2D eigenvalue weighted by atomic mass is 9.96. The van der Waals surface area contributed by atoms with E-state index in [2.05, 4.69) is 5.32 Å². The summed E-state index contributed by atoms with van der Waals surface area (Å²) in [5.74, 6) is -5.83. The van der Waals surface area contributed by atoms with Gasteiger partial charge in [0.15, 0.2) is 11.6 Å². The summed E-state index contributed by atoms with van der Waals surface area (Å²) < 4.78 is 30.0. The molecule has 3 rings (SSSR count). The molecule has 0 saturated heterocycles. The van der Waals surface area contributed by atoms with Crippen LogP contribution < -0.4 is 5.32 Å². The average Bonchev–Trinajstić information content (AvgIpc) is 3.03. The van der Waals surface area contributed by atoms with E-state index in [9.17, 15) is 28.3 Å². The lowest BCUT2D eigenvalue weighted by Crippen LogP contribution is -2.30. The van der Waals surface area contributed by atoms with Crippen molar-refractivity contribution in [2.24, 2.45) is 0 Å². The smallest absolute Gasteiger partial charge is 0.305 e. The van der Waals surface area contributed by atoms with Crippen molar-refractivity contribution < 1.29 is 33.4 Å². The maximum Gasteiger partial charge on any atom is 0.305 e. The van der Waals surface area contributed by atoms with Crippen LogP contribution >= 0.6 is 11.6 Å². The standard InChI is InChI=1S/C22H19ClF2N2O5/c1-10(21(31)26-8-7-17(29)30)18-11(2)27(15-5-6-16(28)20(25)19(15)18)22(32)12-3-4-13(23)14(24)9-12/h3-6,9-10,28H,7-8H2,1-2H3,(H,26,31)(H,29,30). The number of benzene rings is 2. The lowest BCUT2D eigenvalue weighted by molar-refractivity contribution is -0.136. The average molecular weight is 465 g/mol. The number of amides is 1. The number of phenolic OH excluding ortho intramolecular Hbond substituents is 1. The number of aromatic nitrogens is 1. The van der Waals surface area contributed by atoms with Gasteiger partial charge in [-0.1, -0.05) is 11.6 Å². The van der Waals surface area contributed by atoms with Crippen LogP contribution in [0.3, 0.4) is 0 Å². The number of rotatable bonds is 6. The molecule has 1 aromatic heterocycles. The molecule has 3 aromatic rings. The first kappa shape index (κ1) is 23.2. The molecule has 0 aliphatic carbocycles. The Morgan fingerprint density at radius 2 is 1.88 bits per heavy atom. The minimum atomic E-state index is -1.09. The number of fused-ring (bicyclic) bond motifs is 1. The highest BCUT2D eigenvalue weighted by Gasteiger charge is 2.29. The summed E-state index contributed by atoms with van der Waals surface area (Å²) in [6.45, 7) is 2.84. The third-order valence-corrected chi connectivity index (χ3v) is 5.48. The molecule has 1 heterocycles. The second-order valence-corrected chi connectivity index (χ2v) is 7.62. The molecule has 0 bridgehead atoms. The number of halogens is 3. The van der Waals surface area contributed by atoms with Crippen LogP contribution in [0, 0.1) is 18.6 Å². The van der Waals surface area contributed by atoms with Crippen molar-refractivity contribution in [3.8, 4) is 5.75 Å². The molecule has 32 heavy (non-hydrogen) atoms. The van der Waals surface area contributed by atoms with Gasteiger partial charge in [-0.3, -0.25) is 19.0 Å². The molecule has 168 valence electrons. The first-order valence-corrected chi connectivity index (χ1v) is 9.94. The fraction of sp³-hybridized carbons (Fsp3) is 0.227. The minimum absolute atomic E-state index is 0.0505. The van der Waals surface area contributed by atoms with Crippen LogP contribution in [0.5, 0.6) is 5.75 Å². The highest BCUT2D eigenvalue weighted by Crippen LogP contribution is 2.37. The van der Waals surface area contributed by atoms with E-state index in [0.717, 1.165) is 16.7 Å². The fourth-order valence-corrected chi connectivity index (χ4v) is 3.72. The fourth-order valence-electron chi connectivity index (χ4n) is 3.61. The molecular formula is C22H19ClF2N2O5. The Morgan fingerprint density at radius 1 is 1.19 bits per heavy atom.